The predicted octanol–water partition coefficient (Wildman–Crippen LogP) is 5.94. The van der Waals surface area contributed by atoms with Crippen molar-refractivity contribution < 1.29 is 0 Å². The lowest BCUT2D eigenvalue weighted by Gasteiger charge is -2.01. The fourth-order valence-corrected chi connectivity index (χ4v) is 3.46. The predicted molar refractivity (Wildman–Crippen MR) is 94.9 cm³/mol. The zero-order valence-corrected chi connectivity index (χ0v) is 14.1. The van der Waals surface area contributed by atoms with Crippen molar-refractivity contribution in [2.24, 2.45) is 0 Å². The van der Waals surface area contributed by atoms with Gasteiger partial charge in [-0.25, -0.2) is 4.98 Å². The monoisotopic (exact) mass is 304 g/mol. The van der Waals surface area contributed by atoms with Crippen LogP contribution >= 0.6 is 11.8 Å². The van der Waals surface area contributed by atoms with Gasteiger partial charge in [0.05, 0.1) is 16.8 Å². The molecule has 0 spiro atoms. The maximum Gasteiger partial charge on any atom is 0.117 e. The van der Waals surface area contributed by atoms with E-state index in [1.54, 1.807) is 0 Å². The largest absolute Gasteiger partial charge is 0.341 e. The second-order valence-electron chi connectivity index (χ2n) is 5.73. The molecule has 0 fully saturated rings. The Morgan fingerprint density at radius 3 is 2.43 bits per heavy atom. The van der Waals surface area contributed by atoms with Crippen LogP contribution in [-0.2, 0) is 5.75 Å². The number of aromatic amines is 1. The summed E-state index contributed by atoms with van der Waals surface area (Å²) in [7, 11) is 0. The molecular formula is C18H28N2S. The van der Waals surface area contributed by atoms with Gasteiger partial charge in [-0.05, 0) is 24.3 Å². The van der Waals surface area contributed by atoms with Crippen LogP contribution in [0.15, 0.2) is 24.3 Å². The van der Waals surface area contributed by atoms with Gasteiger partial charge in [0.1, 0.15) is 5.82 Å². The van der Waals surface area contributed by atoms with Crippen molar-refractivity contribution in [3.63, 3.8) is 0 Å². The number of nitrogens with one attached hydrogen (secondary N) is 1. The zero-order valence-electron chi connectivity index (χ0n) is 13.2. The molecule has 0 saturated carbocycles. The van der Waals surface area contributed by atoms with Crippen LogP contribution in [0.1, 0.15) is 64.1 Å². The fraction of sp³-hybridized carbons (Fsp3) is 0.611. The zero-order chi connectivity index (χ0) is 14.8. The van der Waals surface area contributed by atoms with Crippen LogP contribution in [0.25, 0.3) is 11.0 Å². The first-order chi connectivity index (χ1) is 10.4. The SMILES string of the molecule is CCCCCCCCCCSCc1nc2ccccc2[nH]1. The third kappa shape index (κ3) is 6.13. The molecule has 0 aliphatic carbocycles. The van der Waals surface area contributed by atoms with Gasteiger partial charge < -0.3 is 4.98 Å². The first-order valence-corrected chi connectivity index (χ1v) is 9.57. The number of H-pyrrole nitrogens is 1. The van der Waals surface area contributed by atoms with Crippen LogP contribution in [0.3, 0.4) is 0 Å². The van der Waals surface area contributed by atoms with Crippen LogP contribution in [-0.4, -0.2) is 15.7 Å². The molecule has 0 amide bonds. The molecule has 2 rings (SSSR count). The summed E-state index contributed by atoms with van der Waals surface area (Å²) >= 11 is 2.00. The summed E-state index contributed by atoms with van der Waals surface area (Å²) < 4.78 is 0. The van der Waals surface area contributed by atoms with Gasteiger partial charge in [0.2, 0.25) is 0 Å². The summed E-state index contributed by atoms with van der Waals surface area (Å²) in [6.45, 7) is 2.28. The summed E-state index contributed by atoms with van der Waals surface area (Å²) in [4.78, 5) is 8.01. The molecule has 1 heterocycles. The average Bonchev–Trinajstić information content (AvgIpc) is 2.92. The van der Waals surface area contributed by atoms with Crippen LogP contribution in [0.4, 0.5) is 0 Å². The topological polar surface area (TPSA) is 28.7 Å². The van der Waals surface area contributed by atoms with Gasteiger partial charge in [-0.1, -0.05) is 64.0 Å². The van der Waals surface area contributed by atoms with Crippen molar-refractivity contribution in [3.05, 3.63) is 30.1 Å². The summed E-state index contributed by atoms with van der Waals surface area (Å²) in [5.41, 5.74) is 2.24. The van der Waals surface area contributed by atoms with Crippen LogP contribution in [0.2, 0.25) is 0 Å². The molecule has 3 heteroatoms. The van der Waals surface area contributed by atoms with Crippen LogP contribution < -0.4 is 0 Å². The average molecular weight is 305 g/mol. The number of fused-ring (bicyclic) bond motifs is 1. The van der Waals surface area contributed by atoms with Crippen molar-refractivity contribution in [3.8, 4) is 0 Å². The highest BCUT2D eigenvalue weighted by Crippen LogP contribution is 2.17. The number of imidazole rings is 1. The molecule has 116 valence electrons. The quantitative estimate of drug-likeness (QED) is 0.521. The molecule has 2 nitrogen and oxygen atoms in total. The number of thioether (sulfide) groups is 1. The molecule has 1 aromatic heterocycles. The standard InChI is InChI=1S/C18H28N2S/c1-2-3-4-5-6-7-8-11-14-21-15-18-19-16-12-9-10-13-17(16)20-18/h9-10,12-13H,2-8,11,14-15H2,1H3,(H,19,20). The van der Waals surface area contributed by atoms with Gasteiger partial charge in [0, 0.05) is 0 Å². The van der Waals surface area contributed by atoms with Crippen molar-refractivity contribution in [2.75, 3.05) is 5.75 Å². The van der Waals surface area contributed by atoms with E-state index < -0.39 is 0 Å². The molecule has 0 saturated heterocycles. The minimum Gasteiger partial charge on any atom is -0.341 e. The molecule has 2 aromatic rings. The van der Waals surface area contributed by atoms with Gasteiger partial charge in [0.25, 0.3) is 0 Å². The van der Waals surface area contributed by atoms with Gasteiger partial charge in [-0.15, -0.1) is 0 Å². The highest BCUT2D eigenvalue weighted by atomic mass is 32.2. The fourth-order valence-electron chi connectivity index (χ4n) is 2.58. The number of unbranched alkanes of at least 4 members (excludes halogenated alkanes) is 7. The van der Waals surface area contributed by atoms with Gasteiger partial charge in [-0.3, -0.25) is 0 Å². The van der Waals surface area contributed by atoms with Crippen LogP contribution in [0.5, 0.6) is 0 Å². The van der Waals surface area contributed by atoms with E-state index in [4.69, 9.17) is 0 Å². The first kappa shape index (κ1) is 16.4. The first-order valence-electron chi connectivity index (χ1n) is 8.41. The number of para-hydroxylation sites is 2. The van der Waals surface area contributed by atoms with Crippen molar-refractivity contribution >= 4 is 22.8 Å². The lowest BCUT2D eigenvalue weighted by Crippen LogP contribution is -1.87. The second-order valence-corrected chi connectivity index (χ2v) is 6.83. The van der Waals surface area contributed by atoms with E-state index in [0.717, 1.165) is 22.6 Å². The molecule has 0 aliphatic rings. The minimum absolute atomic E-state index is 1.01. The Hall–Kier alpha value is -0.960. The number of nitrogens with zero attached hydrogens (tertiary/aromatic N) is 1. The Bertz CT molecular complexity index is 474. The number of hydrogen-bond donors (Lipinski definition) is 1. The number of rotatable bonds is 11. The summed E-state index contributed by atoms with van der Waals surface area (Å²) in [6.07, 6.45) is 11.2. The van der Waals surface area contributed by atoms with E-state index in [0.29, 0.717) is 0 Å². The molecule has 0 atom stereocenters. The summed E-state index contributed by atoms with van der Waals surface area (Å²) in [5, 5.41) is 0. The number of hydrogen-bond acceptors (Lipinski definition) is 2. The normalized spacial score (nSPS) is 11.3. The summed E-state index contributed by atoms with van der Waals surface area (Å²) in [5.74, 6) is 3.37. The molecular weight excluding hydrogens is 276 g/mol. The van der Waals surface area contributed by atoms with Crippen molar-refractivity contribution in [1.82, 2.24) is 9.97 Å². The number of aromatic nitrogens is 2. The van der Waals surface area contributed by atoms with Gasteiger partial charge in [0.15, 0.2) is 0 Å². The lowest BCUT2D eigenvalue weighted by atomic mass is 10.1. The van der Waals surface area contributed by atoms with E-state index in [1.165, 1.54) is 57.1 Å². The minimum atomic E-state index is 1.01. The third-order valence-electron chi connectivity index (χ3n) is 3.82. The van der Waals surface area contributed by atoms with Gasteiger partial charge >= 0.3 is 0 Å². The molecule has 0 unspecified atom stereocenters. The van der Waals surface area contributed by atoms with E-state index in [1.807, 2.05) is 17.8 Å². The lowest BCUT2D eigenvalue weighted by molar-refractivity contribution is 0.586. The Balaban J connectivity index is 1.50. The van der Waals surface area contributed by atoms with E-state index >= 15 is 0 Å². The highest BCUT2D eigenvalue weighted by molar-refractivity contribution is 7.98. The van der Waals surface area contributed by atoms with Crippen LogP contribution in [0, 0.1) is 0 Å². The van der Waals surface area contributed by atoms with Crippen molar-refractivity contribution in [2.45, 2.75) is 64.0 Å². The van der Waals surface area contributed by atoms with E-state index in [2.05, 4.69) is 35.1 Å². The Kier molecular flexibility index (Phi) is 7.72. The Morgan fingerprint density at radius 1 is 0.952 bits per heavy atom. The molecule has 0 radical (unpaired) electrons. The van der Waals surface area contributed by atoms with E-state index in [9.17, 15) is 0 Å². The Labute approximate surface area is 133 Å². The Morgan fingerprint density at radius 2 is 1.67 bits per heavy atom. The maximum atomic E-state index is 4.61. The molecule has 1 aromatic carbocycles. The molecule has 21 heavy (non-hydrogen) atoms. The highest BCUT2D eigenvalue weighted by Gasteiger charge is 2.01. The smallest absolute Gasteiger partial charge is 0.117 e. The summed E-state index contributed by atoms with van der Waals surface area (Å²) in [6, 6.07) is 8.26. The third-order valence-corrected chi connectivity index (χ3v) is 4.87. The maximum absolute atomic E-state index is 4.61. The van der Waals surface area contributed by atoms with E-state index in [-0.39, 0.29) is 0 Å². The van der Waals surface area contributed by atoms with Gasteiger partial charge in [-0.2, -0.15) is 11.8 Å². The van der Waals surface area contributed by atoms with Crippen molar-refractivity contribution in [1.29, 1.82) is 0 Å². The molecule has 0 bridgehead atoms. The molecule has 1 N–H and O–H groups in total. The number of benzene rings is 1. The second kappa shape index (κ2) is 9.88. The molecule has 0 aliphatic heterocycles.